The highest BCUT2D eigenvalue weighted by molar-refractivity contribution is 6.03. The molecule has 2 N–H and O–H groups in total. The van der Waals surface area contributed by atoms with Crippen molar-refractivity contribution >= 4 is 17.4 Å². The van der Waals surface area contributed by atoms with E-state index in [4.69, 9.17) is 4.74 Å². The Morgan fingerprint density at radius 1 is 1.27 bits per heavy atom. The van der Waals surface area contributed by atoms with Gasteiger partial charge in [-0.25, -0.2) is 9.97 Å². The first kappa shape index (κ1) is 15.9. The van der Waals surface area contributed by atoms with Crippen LogP contribution >= 0.6 is 0 Å². The van der Waals surface area contributed by atoms with Crippen molar-refractivity contribution in [3.05, 3.63) is 47.4 Å². The van der Waals surface area contributed by atoms with Crippen LogP contribution < -0.4 is 10.6 Å². The van der Waals surface area contributed by atoms with Crippen LogP contribution in [0.3, 0.4) is 0 Å². The minimum absolute atomic E-state index is 0.258. The van der Waals surface area contributed by atoms with Gasteiger partial charge in [0.25, 0.3) is 5.91 Å². The molecule has 1 heterocycles. The van der Waals surface area contributed by atoms with E-state index in [1.165, 1.54) is 6.33 Å². The molecule has 1 aromatic heterocycles. The van der Waals surface area contributed by atoms with Crippen LogP contribution in [0.15, 0.2) is 30.6 Å². The summed E-state index contributed by atoms with van der Waals surface area (Å²) in [5, 5.41) is 5.95. The van der Waals surface area contributed by atoms with Crippen LogP contribution in [0.1, 0.15) is 21.6 Å². The Hall–Kier alpha value is -2.47. The van der Waals surface area contributed by atoms with Crippen molar-refractivity contribution in [1.29, 1.82) is 0 Å². The van der Waals surface area contributed by atoms with E-state index in [1.54, 1.807) is 13.2 Å². The van der Waals surface area contributed by atoms with Crippen LogP contribution in [0.25, 0.3) is 0 Å². The lowest BCUT2D eigenvalue weighted by Gasteiger charge is -2.10. The lowest BCUT2D eigenvalue weighted by Crippen LogP contribution is -2.16. The molecule has 1 amide bonds. The number of amides is 1. The molecule has 0 fully saturated rings. The monoisotopic (exact) mass is 300 g/mol. The third kappa shape index (κ3) is 4.02. The third-order valence-corrected chi connectivity index (χ3v) is 3.36. The van der Waals surface area contributed by atoms with Crippen molar-refractivity contribution in [3.8, 4) is 0 Å². The largest absolute Gasteiger partial charge is 0.383 e. The molecule has 2 aromatic rings. The summed E-state index contributed by atoms with van der Waals surface area (Å²) in [6.07, 6.45) is 1.37. The number of aromatic nitrogens is 2. The van der Waals surface area contributed by atoms with Crippen molar-refractivity contribution < 1.29 is 9.53 Å². The number of hydrogen-bond donors (Lipinski definition) is 2. The normalized spacial score (nSPS) is 10.3. The Morgan fingerprint density at radius 2 is 2.09 bits per heavy atom. The third-order valence-electron chi connectivity index (χ3n) is 3.36. The van der Waals surface area contributed by atoms with E-state index in [9.17, 15) is 4.79 Å². The summed E-state index contributed by atoms with van der Waals surface area (Å²) < 4.78 is 4.96. The van der Waals surface area contributed by atoms with E-state index in [2.05, 4.69) is 20.6 Å². The first-order chi connectivity index (χ1) is 10.6. The molecule has 0 unspecified atom stereocenters. The van der Waals surface area contributed by atoms with Crippen LogP contribution in [0.2, 0.25) is 0 Å². The molecule has 6 heteroatoms. The number of nitrogens with one attached hydrogen (secondary N) is 2. The van der Waals surface area contributed by atoms with Gasteiger partial charge >= 0.3 is 0 Å². The molecule has 0 bridgehead atoms. The second-order valence-electron chi connectivity index (χ2n) is 4.91. The average molecular weight is 300 g/mol. The zero-order valence-corrected chi connectivity index (χ0v) is 13.0. The van der Waals surface area contributed by atoms with E-state index >= 15 is 0 Å². The Morgan fingerprint density at radius 3 is 2.86 bits per heavy atom. The minimum Gasteiger partial charge on any atom is -0.383 e. The van der Waals surface area contributed by atoms with Crippen molar-refractivity contribution in [1.82, 2.24) is 9.97 Å². The maximum absolute atomic E-state index is 12.3. The lowest BCUT2D eigenvalue weighted by atomic mass is 10.1. The highest BCUT2D eigenvalue weighted by Crippen LogP contribution is 2.18. The first-order valence-electron chi connectivity index (χ1n) is 7.04. The quantitative estimate of drug-likeness (QED) is 0.801. The number of methoxy groups -OCH3 is 1. The number of benzene rings is 1. The maximum Gasteiger partial charge on any atom is 0.274 e. The summed E-state index contributed by atoms with van der Waals surface area (Å²) in [7, 11) is 1.63. The Bertz CT molecular complexity index is 658. The number of carbonyl (C=O) groups excluding carboxylic acids is 1. The van der Waals surface area contributed by atoms with Crippen molar-refractivity contribution in [2.45, 2.75) is 13.8 Å². The van der Waals surface area contributed by atoms with Gasteiger partial charge in [-0.15, -0.1) is 0 Å². The summed E-state index contributed by atoms with van der Waals surface area (Å²) in [6, 6.07) is 7.42. The SMILES string of the molecule is COCCNc1cc(C(=O)Nc2cccc(C)c2C)ncn1. The summed E-state index contributed by atoms with van der Waals surface area (Å²) in [4.78, 5) is 20.4. The van der Waals surface area contributed by atoms with E-state index in [0.29, 0.717) is 24.7 Å². The zero-order chi connectivity index (χ0) is 15.9. The molecular formula is C16H20N4O2. The summed E-state index contributed by atoms with van der Waals surface area (Å²) in [5.41, 5.74) is 3.28. The highest BCUT2D eigenvalue weighted by atomic mass is 16.5. The number of hydrogen-bond acceptors (Lipinski definition) is 5. The molecular weight excluding hydrogens is 280 g/mol. The number of rotatable bonds is 6. The van der Waals surface area contributed by atoms with Crippen LogP contribution in [0, 0.1) is 13.8 Å². The molecule has 116 valence electrons. The first-order valence-corrected chi connectivity index (χ1v) is 7.04. The zero-order valence-electron chi connectivity index (χ0n) is 13.0. The fourth-order valence-corrected chi connectivity index (χ4v) is 1.93. The fourth-order valence-electron chi connectivity index (χ4n) is 1.93. The predicted octanol–water partition coefficient (Wildman–Crippen LogP) is 2.40. The molecule has 6 nitrogen and oxygen atoms in total. The van der Waals surface area contributed by atoms with Gasteiger partial charge in [-0.2, -0.15) is 0 Å². The van der Waals surface area contributed by atoms with Gasteiger partial charge in [-0.05, 0) is 31.0 Å². The Kier molecular flexibility index (Phi) is 5.43. The van der Waals surface area contributed by atoms with Crippen LogP contribution in [-0.2, 0) is 4.74 Å². The second kappa shape index (κ2) is 7.51. The molecule has 0 aliphatic rings. The van der Waals surface area contributed by atoms with Gasteiger partial charge in [-0.3, -0.25) is 4.79 Å². The molecule has 2 rings (SSSR count). The van der Waals surface area contributed by atoms with Gasteiger partial charge in [0, 0.05) is 25.4 Å². The van der Waals surface area contributed by atoms with Gasteiger partial charge in [0.15, 0.2) is 0 Å². The van der Waals surface area contributed by atoms with E-state index < -0.39 is 0 Å². The molecule has 0 radical (unpaired) electrons. The molecule has 22 heavy (non-hydrogen) atoms. The molecule has 0 spiro atoms. The van der Waals surface area contributed by atoms with Gasteiger partial charge in [0.1, 0.15) is 17.8 Å². The topological polar surface area (TPSA) is 76.1 Å². The van der Waals surface area contributed by atoms with Crippen LogP contribution in [-0.4, -0.2) is 36.1 Å². The summed E-state index contributed by atoms with van der Waals surface area (Å²) in [6.45, 7) is 5.16. The van der Waals surface area contributed by atoms with Crippen LogP contribution in [0.4, 0.5) is 11.5 Å². The molecule has 0 saturated heterocycles. The summed E-state index contributed by atoms with van der Waals surface area (Å²) in [5.74, 6) is 0.337. The smallest absolute Gasteiger partial charge is 0.274 e. The highest BCUT2D eigenvalue weighted by Gasteiger charge is 2.11. The van der Waals surface area contributed by atoms with Gasteiger partial charge in [0.05, 0.1) is 6.61 Å². The molecule has 0 atom stereocenters. The average Bonchev–Trinajstić information content (AvgIpc) is 2.52. The van der Waals surface area contributed by atoms with Gasteiger partial charge < -0.3 is 15.4 Å². The summed E-state index contributed by atoms with van der Waals surface area (Å²) >= 11 is 0. The van der Waals surface area contributed by atoms with Crippen LogP contribution in [0.5, 0.6) is 0 Å². The number of carbonyl (C=O) groups is 1. The molecule has 0 aliphatic carbocycles. The fraction of sp³-hybridized carbons (Fsp3) is 0.312. The van der Waals surface area contributed by atoms with E-state index in [1.807, 2.05) is 32.0 Å². The number of anilines is 2. The number of aryl methyl sites for hydroxylation is 1. The van der Waals surface area contributed by atoms with E-state index in [0.717, 1.165) is 16.8 Å². The molecule has 0 aliphatic heterocycles. The lowest BCUT2D eigenvalue weighted by molar-refractivity contribution is 0.102. The standard InChI is InChI=1S/C16H20N4O2/c1-11-5-4-6-13(12(11)2)20-16(21)14-9-15(19-10-18-14)17-7-8-22-3/h4-6,9-10H,7-8H2,1-3H3,(H,20,21)(H,17,18,19). The molecule has 1 aromatic carbocycles. The minimum atomic E-state index is -0.258. The second-order valence-corrected chi connectivity index (χ2v) is 4.91. The maximum atomic E-state index is 12.3. The van der Waals surface area contributed by atoms with Crippen molar-refractivity contribution in [2.24, 2.45) is 0 Å². The van der Waals surface area contributed by atoms with Crippen molar-refractivity contribution in [2.75, 3.05) is 30.9 Å². The van der Waals surface area contributed by atoms with E-state index in [-0.39, 0.29) is 5.91 Å². The number of nitrogens with zero attached hydrogens (tertiary/aromatic N) is 2. The Balaban J connectivity index is 2.09. The van der Waals surface area contributed by atoms with Gasteiger partial charge in [0.2, 0.25) is 0 Å². The number of ether oxygens (including phenoxy) is 1. The van der Waals surface area contributed by atoms with Gasteiger partial charge in [-0.1, -0.05) is 12.1 Å². The molecule has 0 saturated carbocycles. The Labute approximate surface area is 129 Å². The van der Waals surface area contributed by atoms with Crippen molar-refractivity contribution in [3.63, 3.8) is 0 Å². The predicted molar refractivity (Wildman–Crippen MR) is 86.3 cm³/mol.